The lowest BCUT2D eigenvalue weighted by Gasteiger charge is -2.20. The van der Waals surface area contributed by atoms with Crippen LogP contribution >= 0.6 is 0 Å². The van der Waals surface area contributed by atoms with Crippen molar-refractivity contribution in [2.75, 3.05) is 20.1 Å². The van der Waals surface area contributed by atoms with Gasteiger partial charge in [0.15, 0.2) is 11.9 Å². The van der Waals surface area contributed by atoms with Gasteiger partial charge in [0, 0.05) is 12.6 Å². The van der Waals surface area contributed by atoms with E-state index >= 15 is 0 Å². The molecule has 6 heteroatoms. The molecule has 0 aromatic rings. The van der Waals surface area contributed by atoms with Gasteiger partial charge in [-0.3, -0.25) is 15.7 Å². The molecule has 0 aliphatic rings. The molecule has 0 unspecified atom stereocenters. The van der Waals surface area contributed by atoms with E-state index in [0.29, 0.717) is 12.6 Å². The van der Waals surface area contributed by atoms with Gasteiger partial charge >= 0.3 is 0 Å². The highest BCUT2D eigenvalue weighted by molar-refractivity contribution is 5.95. The minimum atomic E-state index is -0.180. The Kier molecular flexibility index (Phi) is 7.28. The molecule has 0 aromatic heterocycles. The third kappa shape index (κ3) is 8.05. The van der Waals surface area contributed by atoms with Gasteiger partial charge in [0.1, 0.15) is 0 Å². The Morgan fingerprint density at radius 1 is 1.38 bits per heavy atom. The second kappa shape index (κ2) is 7.92. The van der Waals surface area contributed by atoms with Crippen molar-refractivity contribution in [3.63, 3.8) is 0 Å². The summed E-state index contributed by atoms with van der Waals surface area (Å²) in [6, 6.07) is 0.577. The quantitative estimate of drug-likeness (QED) is 0.289. The molecule has 6 N–H and O–H groups in total. The van der Waals surface area contributed by atoms with Gasteiger partial charge in [0.2, 0.25) is 0 Å². The fourth-order valence-corrected chi connectivity index (χ4v) is 1.11. The molecule has 0 spiro atoms. The van der Waals surface area contributed by atoms with Crippen LogP contribution in [0.25, 0.3) is 0 Å². The Balaban J connectivity index is 3.56. The molecule has 0 saturated carbocycles. The number of nitrogens with zero attached hydrogens (tertiary/aromatic N) is 2. The molecule has 94 valence electrons. The topological polar surface area (TPSA) is 104 Å². The van der Waals surface area contributed by atoms with E-state index in [1.807, 2.05) is 0 Å². The molecule has 0 amide bonds. The SMILES string of the molecule is CC(C)N(C)CCCCN=C(N)NC(=N)N. The standard InChI is InChI=1S/C10H24N6/c1-8(2)16(3)7-5-4-6-14-10(13)15-9(11)12/h8H,4-7H2,1-3H3,(H6,11,12,13,14,15). The van der Waals surface area contributed by atoms with Crippen molar-refractivity contribution in [2.24, 2.45) is 16.5 Å². The monoisotopic (exact) mass is 228 g/mol. The first-order chi connectivity index (χ1) is 7.43. The Bertz CT molecular complexity index is 235. The van der Waals surface area contributed by atoms with Crippen LogP contribution in [-0.2, 0) is 0 Å². The average Bonchev–Trinajstić information content (AvgIpc) is 2.15. The molecular formula is C10H24N6. The van der Waals surface area contributed by atoms with Crippen LogP contribution in [0.4, 0.5) is 0 Å². The minimum absolute atomic E-state index is 0.180. The van der Waals surface area contributed by atoms with E-state index in [-0.39, 0.29) is 11.9 Å². The number of aliphatic imine (C=N–C) groups is 1. The predicted molar refractivity (Wildman–Crippen MR) is 68.5 cm³/mol. The van der Waals surface area contributed by atoms with Crippen LogP contribution in [0, 0.1) is 5.41 Å². The summed E-state index contributed by atoms with van der Waals surface area (Å²) in [5.41, 5.74) is 10.6. The molecule has 16 heavy (non-hydrogen) atoms. The van der Waals surface area contributed by atoms with Crippen molar-refractivity contribution in [1.29, 1.82) is 5.41 Å². The van der Waals surface area contributed by atoms with Crippen LogP contribution in [0.1, 0.15) is 26.7 Å². The summed E-state index contributed by atoms with van der Waals surface area (Å²) in [7, 11) is 2.11. The van der Waals surface area contributed by atoms with Crippen LogP contribution in [-0.4, -0.2) is 43.0 Å². The summed E-state index contributed by atoms with van der Waals surface area (Å²) in [4.78, 5) is 6.34. The van der Waals surface area contributed by atoms with Crippen molar-refractivity contribution < 1.29 is 0 Å². The maximum absolute atomic E-state index is 6.94. The number of nitrogens with one attached hydrogen (secondary N) is 2. The summed E-state index contributed by atoms with van der Waals surface area (Å²) in [5, 5.41) is 9.38. The average molecular weight is 228 g/mol. The van der Waals surface area contributed by atoms with Crippen molar-refractivity contribution in [3.05, 3.63) is 0 Å². The number of hydrogen-bond donors (Lipinski definition) is 4. The van der Waals surface area contributed by atoms with E-state index in [1.54, 1.807) is 0 Å². The van der Waals surface area contributed by atoms with Gasteiger partial charge < -0.3 is 16.4 Å². The molecule has 0 radical (unpaired) electrons. The van der Waals surface area contributed by atoms with Gasteiger partial charge in [-0.05, 0) is 40.3 Å². The Morgan fingerprint density at radius 2 is 2.00 bits per heavy atom. The fourth-order valence-electron chi connectivity index (χ4n) is 1.11. The van der Waals surface area contributed by atoms with E-state index in [4.69, 9.17) is 16.9 Å². The first kappa shape index (κ1) is 14.7. The summed E-state index contributed by atoms with van der Waals surface area (Å²) in [6.07, 6.45) is 2.07. The molecular weight excluding hydrogens is 204 g/mol. The molecule has 0 bridgehead atoms. The first-order valence-electron chi connectivity index (χ1n) is 5.54. The van der Waals surface area contributed by atoms with Crippen molar-refractivity contribution in [1.82, 2.24) is 10.2 Å². The number of nitrogens with two attached hydrogens (primary N) is 2. The van der Waals surface area contributed by atoms with Gasteiger partial charge in [-0.25, -0.2) is 0 Å². The van der Waals surface area contributed by atoms with E-state index in [0.717, 1.165) is 19.4 Å². The van der Waals surface area contributed by atoms with Crippen molar-refractivity contribution >= 4 is 11.9 Å². The van der Waals surface area contributed by atoms with E-state index in [9.17, 15) is 0 Å². The smallest absolute Gasteiger partial charge is 0.195 e. The van der Waals surface area contributed by atoms with Gasteiger partial charge in [0.05, 0.1) is 0 Å². The molecule has 6 nitrogen and oxygen atoms in total. The van der Waals surface area contributed by atoms with Crippen LogP contribution in [0.2, 0.25) is 0 Å². The zero-order valence-corrected chi connectivity index (χ0v) is 10.5. The largest absolute Gasteiger partial charge is 0.370 e. The highest BCUT2D eigenvalue weighted by atomic mass is 15.2. The first-order valence-corrected chi connectivity index (χ1v) is 5.54. The highest BCUT2D eigenvalue weighted by Crippen LogP contribution is 1.97. The lowest BCUT2D eigenvalue weighted by molar-refractivity contribution is 0.269. The second-order valence-electron chi connectivity index (χ2n) is 4.09. The minimum Gasteiger partial charge on any atom is -0.370 e. The Hall–Kier alpha value is -1.30. The van der Waals surface area contributed by atoms with Gasteiger partial charge in [-0.15, -0.1) is 0 Å². The van der Waals surface area contributed by atoms with Gasteiger partial charge in [-0.1, -0.05) is 0 Å². The number of guanidine groups is 2. The van der Waals surface area contributed by atoms with Crippen LogP contribution < -0.4 is 16.8 Å². The summed E-state index contributed by atoms with van der Waals surface area (Å²) in [6.45, 7) is 6.07. The van der Waals surface area contributed by atoms with E-state index < -0.39 is 0 Å². The van der Waals surface area contributed by atoms with Crippen LogP contribution in [0.5, 0.6) is 0 Å². The molecule has 0 rings (SSSR count). The van der Waals surface area contributed by atoms with E-state index in [1.165, 1.54) is 0 Å². The van der Waals surface area contributed by atoms with Crippen LogP contribution in [0.3, 0.4) is 0 Å². The lowest BCUT2D eigenvalue weighted by atomic mass is 10.2. The molecule has 0 saturated heterocycles. The van der Waals surface area contributed by atoms with Gasteiger partial charge in [-0.2, -0.15) is 0 Å². The Labute approximate surface area is 97.6 Å². The maximum Gasteiger partial charge on any atom is 0.195 e. The highest BCUT2D eigenvalue weighted by Gasteiger charge is 2.01. The molecule has 0 aromatic carbocycles. The number of rotatable bonds is 6. The van der Waals surface area contributed by atoms with E-state index in [2.05, 4.69) is 36.1 Å². The molecule has 0 aliphatic carbocycles. The molecule has 0 heterocycles. The van der Waals surface area contributed by atoms with Crippen molar-refractivity contribution in [2.45, 2.75) is 32.7 Å². The zero-order chi connectivity index (χ0) is 12.6. The van der Waals surface area contributed by atoms with Crippen LogP contribution in [0.15, 0.2) is 4.99 Å². The third-order valence-corrected chi connectivity index (χ3v) is 2.35. The number of unbranched alkanes of at least 4 members (excludes halogenated alkanes) is 1. The normalized spacial score (nSPS) is 12.2. The molecule has 0 atom stereocenters. The molecule has 0 fully saturated rings. The third-order valence-electron chi connectivity index (χ3n) is 2.35. The summed E-state index contributed by atoms with van der Waals surface area (Å²) >= 11 is 0. The maximum atomic E-state index is 6.94. The molecule has 0 aliphatic heterocycles. The predicted octanol–water partition coefficient (Wildman–Crippen LogP) is -0.0954. The summed E-state index contributed by atoms with van der Waals surface area (Å²) < 4.78 is 0. The van der Waals surface area contributed by atoms with Crippen molar-refractivity contribution in [3.8, 4) is 0 Å². The Morgan fingerprint density at radius 3 is 2.50 bits per heavy atom. The number of hydrogen-bond acceptors (Lipinski definition) is 3. The summed E-state index contributed by atoms with van der Waals surface area (Å²) in [5.74, 6) is 0.0329. The lowest BCUT2D eigenvalue weighted by Crippen LogP contribution is -2.40. The fraction of sp³-hybridized carbons (Fsp3) is 0.800. The zero-order valence-electron chi connectivity index (χ0n) is 10.5. The van der Waals surface area contributed by atoms with Gasteiger partial charge in [0.25, 0.3) is 0 Å². The second-order valence-corrected chi connectivity index (χ2v) is 4.09.